The van der Waals surface area contributed by atoms with Crippen molar-refractivity contribution in [2.75, 3.05) is 20.3 Å². The maximum atomic E-state index is 9.14. The van der Waals surface area contributed by atoms with E-state index in [1.54, 1.807) is 7.11 Å². The van der Waals surface area contributed by atoms with Gasteiger partial charge in [-0.3, -0.25) is 4.90 Å². The fourth-order valence-corrected chi connectivity index (χ4v) is 2.75. The Kier molecular flexibility index (Phi) is 5.02. The topological polar surface area (TPSA) is 32.7 Å². The van der Waals surface area contributed by atoms with Gasteiger partial charge in [0, 0.05) is 19.2 Å². The van der Waals surface area contributed by atoms with Gasteiger partial charge in [-0.1, -0.05) is 18.6 Å². The number of hydrogen-bond acceptors (Lipinski definition) is 3. The van der Waals surface area contributed by atoms with Crippen molar-refractivity contribution >= 4 is 0 Å². The van der Waals surface area contributed by atoms with Crippen LogP contribution in [0.15, 0.2) is 24.3 Å². The van der Waals surface area contributed by atoms with E-state index in [0.29, 0.717) is 12.6 Å². The molecule has 1 aromatic rings. The first-order valence-electron chi connectivity index (χ1n) is 6.81. The van der Waals surface area contributed by atoms with E-state index >= 15 is 0 Å². The zero-order valence-corrected chi connectivity index (χ0v) is 11.1. The van der Waals surface area contributed by atoms with E-state index in [1.807, 2.05) is 12.1 Å². The highest BCUT2D eigenvalue weighted by Gasteiger charge is 2.21. The normalized spacial score (nSPS) is 20.9. The number of benzene rings is 1. The quantitative estimate of drug-likeness (QED) is 0.870. The highest BCUT2D eigenvalue weighted by Crippen LogP contribution is 2.23. The van der Waals surface area contributed by atoms with Gasteiger partial charge in [-0.2, -0.15) is 0 Å². The molecule has 1 saturated heterocycles. The molecule has 18 heavy (non-hydrogen) atoms. The van der Waals surface area contributed by atoms with Crippen LogP contribution in [-0.2, 0) is 6.54 Å². The van der Waals surface area contributed by atoms with Gasteiger partial charge in [0.05, 0.1) is 7.11 Å². The Labute approximate surface area is 109 Å². The van der Waals surface area contributed by atoms with Gasteiger partial charge in [-0.25, -0.2) is 0 Å². The van der Waals surface area contributed by atoms with E-state index in [9.17, 15) is 0 Å². The molecule has 1 fully saturated rings. The van der Waals surface area contributed by atoms with Crippen molar-refractivity contribution in [3.63, 3.8) is 0 Å². The number of aliphatic hydroxyl groups excluding tert-OH is 1. The molecule has 3 heteroatoms. The molecule has 2 rings (SSSR count). The third-order valence-corrected chi connectivity index (χ3v) is 3.73. The SMILES string of the molecule is COc1cccc(CN2CCCC[C@H]2CCO)c1. The second kappa shape index (κ2) is 6.76. The number of likely N-dealkylation sites (tertiary alicyclic amines) is 1. The van der Waals surface area contributed by atoms with Crippen LogP contribution in [0.5, 0.6) is 5.75 Å². The Morgan fingerprint density at radius 1 is 1.39 bits per heavy atom. The van der Waals surface area contributed by atoms with Crippen LogP contribution in [0.1, 0.15) is 31.2 Å². The molecule has 1 aliphatic heterocycles. The van der Waals surface area contributed by atoms with Crippen LogP contribution >= 0.6 is 0 Å². The number of methoxy groups -OCH3 is 1. The Morgan fingerprint density at radius 3 is 3.06 bits per heavy atom. The minimum absolute atomic E-state index is 0.291. The van der Waals surface area contributed by atoms with Crippen LogP contribution in [0.4, 0.5) is 0 Å². The molecule has 0 bridgehead atoms. The largest absolute Gasteiger partial charge is 0.497 e. The van der Waals surface area contributed by atoms with Gasteiger partial charge in [-0.05, 0) is 43.5 Å². The third kappa shape index (κ3) is 3.47. The van der Waals surface area contributed by atoms with Gasteiger partial charge < -0.3 is 9.84 Å². The zero-order chi connectivity index (χ0) is 12.8. The van der Waals surface area contributed by atoms with Gasteiger partial charge in [0.25, 0.3) is 0 Å². The lowest BCUT2D eigenvalue weighted by Crippen LogP contribution is -2.39. The Hall–Kier alpha value is -1.06. The molecule has 1 N–H and O–H groups in total. The first-order valence-corrected chi connectivity index (χ1v) is 6.81. The predicted molar refractivity (Wildman–Crippen MR) is 72.7 cm³/mol. The van der Waals surface area contributed by atoms with E-state index in [1.165, 1.54) is 24.8 Å². The first-order chi connectivity index (χ1) is 8.83. The summed E-state index contributed by atoms with van der Waals surface area (Å²) < 4.78 is 5.26. The number of aliphatic hydroxyl groups is 1. The average molecular weight is 249 g/mol. The van der Waals surface area contributed by atoms with E-state index in [-0.39, 0.29) is 0 Å². The molecule has 0 spiro atoms. The van der Waals surface area contributed by atoms with E-state index in [4.69, 9.17) is 9.84 Å². The summed E-state index contributed by atoms with van der Waals surface area (Å²) in [5.41, 5.74) is 1.29. The minimum atomic E-state index is 0.291. The molecule has 0 aromatic heterocycles. The van der Waals surface area contributed by atoms with Crippen molar-refractivity contribution in [1.82, 2.24) is 4.90 Å². The van der Waals surface area contributed by atoms with Gasteiger partial charge in [0.1, 0.15) is 5.75 Å². The monoisotopic (exact) mass is 249 g/mol. The molecular formula is C15H23NO2. The van der Waals surface area contributed by atoms with Crippen molar-refractivity contribution in [3.05, 3.63) is 29.8 Å². The Morgan fingerprint density at radius 2 is 2.28 bits per heavy atom. The summed E-state index contributed by atoms with van der Waals surface area (Å²) in [6, 6.07) is 8.80. The van der Waals surface area contributed by atoms with E-state index in [0.717, 1.165) is 25.3 Å². The third-order valence-electron chi connectivity index (χ3n) is 3.73. The minimum Gasteiger partial charge on any atom is -0.497 e. The standard InChI is InChI=1S/C15H23NO2/c1-18-15-7-4-5-13(11-15)12-16-9-3-2-6-14(16)8-10-17/h4-5,7,11,14,17H,2-3,6,8-10,12H2,1H3/t14-/m0/s1. The summed E-state index contributed by atoms with van der Waals surface area (Å²) in [6.07, 6.45) is 4.67. The molecule has 3 nitrogen and oxygen atoms in total. The van der Waals surface area contributed by atoms with Crippen molar-refractivity contribution in [1.29, 1.82) is 0 Å². The molecule has 0 radical (unpaired) electrons. The van der Waals surface area contributed by atoms with Crippen LogP contribution in [0, 0.1) is 0 Å². The molecule has 0 aliphatic carbocycles. The molecule has 1 aromatic carbocycles. The fraction of sp³-hybridized carbons (Fsp3) is 0.600. The number of rotatable bonds is 5. The lowest BCUT2D eigenvalue weighted by Gasteiger charge is -2.35. The van der Waals surface area contributed by atoms with Crippen LogP contribution < -0.4 is 4.74 Å². The second-order valence-corrected chi connectivity index (χ2v) is 4.98. The zero-order valence-electron chi connectivity index (χ0n) is 11.1. The van der Waals surface area contributed by atoms with Crippen LogP contribution in [-0.4, -0.2) is 36.3 Å². The lowest BCUT2D eigenvalue weighted by molar-refractivity contribution is 0.112. The fourth-order valence-electron chi connectivity index (χ4n) is 2.75. The predicted octanol–water partition coefficient (Wildman–Crippen LogP) is 2.43. The Balaban J connectivity index is 2.01. The summed E-state index contributed by atoms with van der Waals surface area (Å²) in [5.74, 6) is 0.920. The number of hydrogen-bond donors (Lipinski definition) is 1. The smallest absolute Gasteiger partial charge is 0.119 e. The molecule has 100 valence electrons. The molecule has 1 atom stereocenters. The summed E-state index contributed by atoms with van der Waals surface area (Å²) in [7, 11) is 1.70. The second-order valence-electron chi connectivity index (χ2n) is 4.98. The molecule has 0 saturated carbocycles. The summed E-state index contributed by atoms with van der Waals surface area (Å²) >= 11 is 0. The Bertz CT molecular complexity index is 365. The maximum absolute atomic E-state index is 9.14. The highest BCUT2D eigenvalue weighted by atomic mass is 16.5. The van der Waals surface area contributed by atoms with Crippen molar-refractivity contribution in [2.45, 2.75) is 38.3 Å². The average Bonchev–Trinajstić information content (AvgIpc) is 2.41. The molecule has 0 unspecified atom stereocenters. The first kappa shape index (κ1) is 13.4. The van der Waals surface area contributed by atoms with Crippen molar-refractivity contribution in [2.24, 2.45) is 0 Å². The highest BCUT2D eigenvalue weighted by molar-refractivity contribution is 5.28. The summed E-state index contributed by atoms with van der Waals surface area (Å²) in [4.78, 5) is 2.49. The number of nitrogens with zero attached hydrogens (tertiary/aromatic N) is 1. The van der Waals surface area contributed by atoms with Crippen molar-refractivity contribution in [3.8, 4) is 5.75 Å². The maximum Gasteiger partial charge on any atom is 0.119 e. The number of piperidine rings is 1. The van der Waals surface area contributed by atoms with E-state index < -0.39 is 0 Å². The summed E-state index contributed by atoms with van der Waals surface area (Å²) in [5, 5.41) is 9.14. The van der Waals surface area contributed by atoms with Crippen LogP contribution in [0.25, 0.3) is 0 Å². The molecular weight excluding hydrogens is 226 g/mol. The molecule has 0 amide bonds. The summed E-state index contributed by atoms with van der Waals surface area (Å²) in [6.45, 7) is 2.39. The van der Waals surface area contributed by atoms with Crippen LogP contribution in [0.2, 0.25) is 0 Å². The van der Waals surface area contributed by atoms with E-state index in [2.05, 4.69) is 17.0 Å². The number of ether oxygens (including phenoxy) is 1. The molecule has 1 aliphatic rings. The van der Waals surface area contributed by atoms with Gasteiger partial charge in [-0.15, -0.1) is 0 Å². The van der Waals surface area contributed by atoms with Crippen molar-refractivity contribution < 1.29 is 9.84 Å². The lowest BCUT2D eigenvalue weighted by atomic mass is 9.99. The van der Waals surface area contributed by atoms with Gasteiger partial charge in [0.15, 0.2) is 0 Å². The molecule has 1 heterocycles. The van der Waals surface area contributed by atoms with Crippen LogP contribution in [0.3, 0.4) is 0 Å². The van der Waals surface area contributed by atoms with Gasteiger partial charge >= 0.3 is 0 Å². The van der Waals surface area contributed by atoms with Gasteiger partial charge in [0.2, 0.25) is 0 Å².